The van der Waals surface area contributed by atoms with Gasteiger partial charge in [-0.15, -0.1) is 10.2 Å². The molecular weight excluding hydrogens is 356 g/mol. The average Bonchev–Trinajstić information content (AvgIpc) is 3.44. The second kappa shape index (κ2) is 7.57. The van der Waals surface area contributed by atoms with E-state index in [0.717, 1.165) is 31.0 Å². The molecule has 0 unspecified atom stereocenters. The van der Waals surface area contributed by atoms with E-state index in [0.29, 0.717) is 18.7 Å². The van der Waals surface area contributed by atoms with Crippen LogP contribution in [0.1, 0.15) is 60.7 Å². The van der Waals surface area contributed by atoms with Crippen LogP contribution in [0.25, 0.3) is 0 Å². The summed E-state index contributed by atoms with van der Waals surface area (Å²) < 4.78 is 5.84. The largest absolute Gasteiger partial charge is 0.338 e. The van der Waals surface area contributed by atoms with E-state index in [1.807, 2.05) is 47.4 Å². The lowest BCUT2D eigenvalue weighted by atomic mass is 9.96. The van der Waals surface area contributed by atoms with Gasteiger partial charge in [-0.05, 0) is 26.7 Å². The van der Waals surface area contributed by atoms with Crippen molar-refractivity contribution in [3.8, 4) is 0 Å². The lowest BCUT2D eigenvalue weighted by Gasteiger charge is -2.32. The highest BCUT2D eigenvalue weighted by atomic mass is 16.2. The van der Waals surface area contributed by atoms with Crippen LogP contribution in [-0.4, -0.2) is 58.0 Å². The molecule has 4 heterocycles. The van der Waals surface area contributed by atoms with Gasteiger partial charge in [0.2, 0.25) is 0 Å². The summed E-state index contributed by atoms with van der Waals surface area (Å²) in [5.41, 5.74) is 0.646. The second-order valence-corrected chi connectivity index (χ2v) is 7.66. The maximum absolute atomic E-state index is 12.9. The molecule has 0 aliphatic carbocycles. The van der Waals surface area contributed by atoms with Crippen molar-refractivity contribution in [2.75, 3.05) is 13.1 Å². The molecule has 0 saturated carbocycles. The van der Waals surface area contributed by atoms with Crippen LogP contribution in [-0.2, 0) is 13.6 Å². The lowest BCUT2D eigenvalue weighted by molar-refractivity contribution is 0.0703. The van der Waals surface area contributed by atoms with Crippen LogP contribution in [0.5, 0.6) is 0 Å². The Balaban J connectivity index is 1.47. The maximum atomic E-state index is 12.9. The lowest BCUT2D eigenvalue weighted by Crippen LogP contribution is -2.39. The Morgan fingerprint density at radius 1 is 1.32 bits per heavy atom. The number of aromatic nitrogens is 7. The molecule has 1 amide bonds. The Bertz CT molecular complexity index is 939. The molecule has 4 rings (SSSR count). The van der Waals surface area contributed by atoms with Gasteiger partial charge >= 0.3 is 0 Å². The molecule has 9 nitrogen and oxygen atoms in total. The van der Waals surface area contributed by atoms with E-state index in [2.05, 4.69) is 24.8 Å². The van der Waals surface area contributed by atoms with E-state index < -0.39 is 0 Å². The van der Waals surface area contributed by atoms with E-state index in [4.69, 9.17) is 0 Å². The molecule has 0 aromatic carbocycles. The summed E-state index contributed by atoms with van der Waals surface area (Å²) in [6.07, 6.45) is 10.9. The third-order valence-electron chi connectivity index (χ3n) is 5.33. The summed E-state index contributed by atoms with van der Waals surface area (Å²) in [6.45, 7) is 6.15. The molecule has 3 aromatic rings. The van der Waals surface area contributed by atoms with E-state index >= 15 is 0 Å². The molecular formula is C19H26N8O. The predicted molar refractivity (Wildman–Crippen MR) is 103 cm³/mol. The number of nitrogens with zero attached hydrogens (tertiary/aromatic N) is 8. The van der Waals surface area contributed by atoms with Crippen molar-refractivity contribution in [2.45, 2.75) is 45.2 Å². The first-order valence-corrected chi connectivity index (χ1v) is 9.70. The van der Waals surface area contributed by atoms with Crippen LogP contribution in [0.4, 0.5) is 0 Å². The number of carbonyl (C=O) groups is 1. The quantitative estimate of drug-likeness (QED) is 0.672. The van der Waals surface area contributed by atoms with Crippen LogP contribution in [0.2, 0.25) is 0 Å². The van der Waals surface area contributed by atoms with Crippen molar-refractivity contribution in [3.05, 3.63) is 48.3 Å². The fraction of sp³-hybridized carbons (Fsp3) is 0.526. The van der Waals surface area contributed by atoms with E-state index in [1.54, 1.807) is 18.7 Å². The van der Waals surface area contributed by atoms with Crippen molar-refractivity contribution in [1.82, 2.24) is 39.0 Å². The normalized spacial score (nSPS) is 17.4. The predicted octanol–water partition coefficient (Wildman–Crippen LogP) is 1.86. The van der Waals surface area contributed by atoms with Gasteiger partial charge in [0.25, 0.3) is 5.91 Å². The molecule has 1 atom stereocenters. The fourth-order valence-corrected chi connectivity index (χ4v) is 3.70. The first kappa shape index (κ1) is 18.4. The molecule has 1 aliphatic heterocycles. The van der Waals surface area contributed by atoms with Crippen LogP contribution >= 0.6 is 0 Å². The SMILES string of the molecule is CC(C)n1cc(C(=O)N2CCC[C@H](c3nnc(Cn4ccnc4)n3C)C2)cn1. The van der Waals surface area contributed by atoms with Gasteiger partial charge in [-0.2, -0.15) is 5.10 Å². The van der Waals surface area contributed by atoms with Crippen molar-refractivity contribution >= 4 is 5.91 Å². The van der Waals surface area contributed by atoms with Crippen LogP contribution < -0.4 is 0 Å². The minimum absolute atomic E-state index is 0.0393. The number of piperidine rings is 1. The van der Waals surface area contributed by atoms with Gasteiger partial charge in [-0.1, -0.05) is 0 Å². The number of hydrogen-bond donors (Lipinski definition) is 0. The van der Waals surface area contributed by atoms with Gasteiger partial charge in [0.1, 0.15) is 5.82 Å². The molecule has 1 fully saturated rings. The summed E-state index contributed by atoms with van der Waals surface area (Å²) in [5, 5.41) is 13.1. The third kappa shape index (κ3) is 3.56. The average molecular weight is 382 g/mol. The minimum Gasteiger partial charge on any atom is -0.338 e. The molecule has 0 radical (unpaired) electrons. The summed E-state index contributed by atoms with van der Waals surface area (Å²) in [5.74, 6) is 2.05. The van der Waals surface area contributed by atoms with E-state index in [-0.39, 0.29) is 17.9 Å². The molecule has 0 bridgehead atoms. The Morgan fingerprint density at radius 3 is 2.89 bits per heavy atom. The monoisotopic (exact) mass is 382 g/mol. The van der Waals surface area contributed by atoms with Crippen LogP contribution in [0.15, 0.2) is 31.1 Å². The smallest absolute Gasteiger partial charge is 0.257 e. The Kier molecular flexibility index (Phi) is 4.97. The van der Waals surface area contributed by atoms with Gasteiger partial charge in [0.15, 0.2) is 5.82 Å². The standard InChI is InChI=1S/C19H26N8O/c1-14(2)27-11-16(9-21-27)19(28)26-7-4-5-15(10-26)18-23-22-17(24(18)3)12-25-8-6-20-13-25/h6,8-9,11,13-15H,4-5,7,10,12H2,1-3H3/t15-/m0/s1. The summed E-state index contributed by atoms with van der Waals surface area (Å²) >= 11 is 0. The Labute approximate surface area is 164 Å². The van der Waals surface area contributed by atoms with Gasteiger partial charge < -0.3 is 14.0 Å². The zero-order valence-electron chi connectivity index (χ0n) is 16.6. The summed E-state index contributed by atoms with van der Waals surface area (Å²) in [4.78, 5) is 18.9. The van der Waals surface area contributed by atoms with Crippen molar-refractivity contribution in [3.63, 3.8) is 0 Å². The molecule has 28 heavy (non-hydrogen) atoms. The topological polar surface area (TPSA) is 86.7 Å². The molecule has 1 aliphatic rings. The first-order valence-electron chi connectivity index (χ1n) is 9.70. The fourth-order valence-electron chi connectivity index (χ4n) is 3.70. The molecule has 0 spiro atoms. The number of rotatable bonds is 5. The van der Waals surface area contributed by atoms with Crippen LogP contribution in [0.3, 0.4) is 0 Å². The highest BCUT2D eigenvalue weighted by Gasteiger charge is 2.29. The zero-order valence-corrected chi connectivity index (χ0v) is 16.6. The van der Waals surface area contributed by atoms with Gasteiger partial charge in [0.05, 0.1) is 24.6 Å². The minimum atomic E-state index is 0.0393. The third-order valence-corrected chi connectivity index (χ3v) is 5.33. The van der Waals surface area contributed by atoms with Crippen molar-refractivity contribution < 1.29 is 4.79 Å². The van der Waals surface area contributed by atoms with Crippen molar-refractivity contribution in [2.24, 2.45) is 7.05 Å². The molecule has 1 saturated heterocycles. The second-order valence-electron chi connectivity index (χ2n) is 7.66. The number of imidazole rings is 1. The number of amides is 1. The first-order chi connectivity index (χ1) is 13.5. The maximum Gasteiger partial charge on any atom is 0.257 e. The zero-order chi connectivity index (χ0) is 19.7. The van der Waals surface area contributed by atoms with Gasteiger partial charge in [-0.3, -0.25) is 9.48 Å². The van der Waals surface area contributed by atoms with Crippen LogP contribution in [0, 0.1) is 0 Å². The van der Waals surface area contributed by atoms with E-state index in [9.17, 15) is 4.79 Å². The molecule has 0 N–H and O–H groups in total. The number of carbonyl (C=O) groups excluding carboxylic acids is 1. The highest BCUT2D eigenvalue weighted by molar-refractivity contribution is 5.93. The van der Waals surface area contributed by atoms with Crippen molar-refractivity contribution in [1.29, 1.82) is 0 Å². The van der Waals surface area contributed by atoms with Gasteiger partial charge in [0, 0.05) is 50.7 Å². The van der Waals surface area contributed by atoms with Gasteiger partial charge in [-0.25, -0.2) is 4.98 Å². The molecule has 148 valence electrons. The number of likely N-dealkylation sites (tertiary alicyclic amines) is 1. The Hall–Kier alpha value is -2.97. The summed E-state index contributed by atoms with van der Waals surface area (Å²) in [6, 6.07) is 0.239. The molecule has 3 aromatic heterocycles. The molecule has 9 heteroatoms. The Morgan fingerprint density at radius 2 is 2.18 bits per heavy atom. The number of hydrogen-bond acceptors (Lipinski definition) is 5. The summed E-state index contributed by atoms with van der Waals surface area (Å²) in [7, 11) is 2.00. The van der Waals surface area contributed by atoms with E-state index in [1.165, 1.54) is 0 Å². The highest BCUT2D eigenvalue weighted by Crippen LogP contribution is 2.27.